The number of methoxy groups -OCH3 is 5. The highest BCUT2D eigenvalue weighted by Gasteiger charge is 2.40. The average Bonchev–Trinajstić information content (AvgIpc) is 3.09. The van der Waals surface area contributed by atoms with Crippen molar-refractivity contribution in [2.75, 3.05) is 42.2 Å². The summed E-state index contributed by atoms with van der Waals surface area (Å²) in [5.74, 6) is 2.57. The molecule has 160 valence electrons. The van der Waals surface area contributed by atoms with Crippen LogP contribution in [0.1, 0.15) is 11.1 Å². The van der Waals surface area contributed by atoms with E-state index in [4.69, 9.17) is 28.4 Å². The lowest BCUT2D eigenvalue weighted by Gasteiger charge is -2.27. The zero-order valence-corrected chi connectivity index (χ0v) is 17.9. The van der Waals surface area contributed by atoms with Gasteiger partial charge in [0.15, 0.2) is 23.0 Å². The fraction of sp³-hybridized carbons (Fsp3) is 0.435. The summed E-state index contributed by atoms with van der Waals surface area (Å²) in [6.07, 6.45) is 1.21. The summed E-state index contributed by atoms with van der Waals surface area (Å²) in [6, 6.07) is 5.85. The van der Waals surface area contributed by atoms with Gasteiger partial charge in [-0.1, -0.05) is 0 Å². The Morgan fingerprint density at radius 2 is 1.40 bits per heavy atom. The van der Waals surface area contributed by atoms with Gasteiger partial charge in [0.05, 0.1) is 48.1 Å². The summed E-state index contributed by atoms with van der Waals surface area (Å²) in [4.78, 5) is 12.5. The van der Waals surface area contributed by atoms with Crippen LogP contribution in [0.15, 0.2) is 18.2 Å². The summed E-state index contributed by atoms with van der Waals surface area (Å²) in [5.41, 5.74) is 3.79. The lowest BCUT2D eigenvalue weighted by molar-refractivity contribution is -0.141. The van der Waals surface area contributed by atoms with Crippen molar-refractivity contribution in [3.05, 3.63) is 29.3 Å². The average molecular weight is 414 g/mol. The van der Waals surface area contributed by atoms with E-state index in [-0.39, 0.29) is 17.8 Å². The molecule has 0 amide bonds. The summed E-state index contributed by atoms with van der Waals surface area (Å²) in [6.45, 7) is 0.414. The molecule has 0 bridgehead atoms. The Hall–Kier alpha value is -3.09. The van der Waals surface area contributed by atoms with Crippen LogP contribution in [0.2, 0.25) is 0 Å². The van der Waals surface area contributed by atoms with Gasteiger partial charge in [-0.2, -0.15) is 0 Å². The highest BCUT2D eigenvalue weighted by Crippen LogP contribution is 2.51. The summed E-state index contributed by atoms with van der Waals surface area (Å²) < 4.78 is 33.5. The van der Waals surface area contributed by atoms with Crippen molar-refractivity contribution in [2.45, 2.75) is 12.8 Å². The Morgan fingerprint density at radius 1 is 0.767 bits per heavy atom. The van der Waals surface area contributed by atoms with E-state index in [9.17, 15) is 4.79 Å². The monoisotopic (exact) mass is 414 g/mol. The van der Waals surface area contributed by atoms with Crippen LogP contribution in [0.25, 0.3) is 11.1 Å². The number of carbonyl (C=O) groups excluding carboxylic acids is 1. The smallest absolute Gasteiger partial charge is 0.309 e. The second kappa shape index (κ2) is 7.97. The van der Waals surface area contributed by atoms with Crippen LogP contribution in [0.4, 0.5) is 0 Å². The number of esters is 1. The van der Waals surface area contributed by atoms with Gasteiger partial charge in [-0.25, -0.2) is 0 Å². The molecule has 4 rings (SSSR count). The second-order valence-electron chi connectivity index (χ2n) is 7.45. The summed E-state index contributed by atoms with van der Waals surface area (Å²) in [7, 11) is 7.99. The zero-order valence-electron chi connectivity index (χ0n) is 17.9. The van der Waals surface area contributed by atoms with Crippen molar-refractivity contribution in [1.82, 2.24) is 0 Å². The van der Waals surface area contributed by atoms with Gasteiger partial charge >= 0.3 is 5.97 Å². The number of fused-ring (bicyclic) bond motifs is 4. The third-order valence-electron chi connectivity index (χ3n) is 6.02. The minimum absolute atomic E-state index is 0.0848. The third kappa shape index (κ3) is 3.09. The van der Waals surface area contributed by atoms with Gasteiger partial charge in [0.2, 0.25) is 5.75 Å². The first-order valence-corrected chi connectivity index (χ1v) is 9.79. The Balaban J connectivity index is 2.06. The Kier molecular flexibility index (Phi) is 5.37. The Morgan fingerprint density at radius 3 is 2.03 bits per heavy atom. The van der Waals surface area contributed by atoms with Gasteiger partial charge in [0.1, 0.15) is 0 Å². The largest absolute Gasteiger partial charge is 0.493 e. The van der Waals surface area contributed by atoms with E-state index in [0.29, 0.717) is 48.2 Å². The number of carbonyl (C=O) groups is 1. The molecule has 0 N–H and O–H groups in total. The zero-order chi connectivity index (χ0) is 21.4. The maximum absolute atomic E-state index is 12.5. The molecule has 0 radical (unpaired) electrons. The molecule has 2 aliphatic rings. The quantitative estimate of drug-likeness (QED) is 0.695. The van der Waals surface area contributed by atoms with Crippen LogP contribution in [-0.2, 0) is 22.4 Å². The molecule has 7 heteroatoms. The Labute approximate surface area is 175 Å². The maximum atomic E-state index is 12.5. The first kappa shape index (κ1) is 20.2. The maximum Gasteiger partial charge on any atom is 0.309 e. The number of benzene rings is 2. The minimum atomic E-state index is -0.229. The van der Waals surface area contributed by atoms with Crippen molar-refractivity contribution in [1.29, 1.82) is 0 Å². The topological polar surface area (TPSA) is 72.5 Å². The standard InChI is InChI=1S/C23H26O7/c1-25-17-8-12-6-14-11-30-23(24)16(14)7-13-9-19(27-3)21(28-4)22(29-5)20(13)15(12)10-18(17)26-2/h8-10,14,16H,6-7,11H2,1-5H3/t14-,16+/m0/s1. The van der Waals surface area contributed by atoms with Crippen molar-refractivity contribution in [3.8, 4) is 39.9 Å². The van der Waals surface area contributed by atoms with Gasteiger partial charge in [0, 0.05) is 11.5 Å². The fourth-order valence-corrected chi connectivity index (χ4v) is 4.56. The van der Waals surface area contributed by atoms with Gasteiger partial charge in [-0.3, -0.25) is 4.79 Å². The predicted octanol–water partition coefficient (Wildman–Crippen LogP) is 3.28. The number of hydrogen-bond donors (Lipinski definition) is 0. The van der Waals surface area contributed by atoms with E-state index in [2.05, 4.69) is 0 Å². The number of hydrogen-bond acceptors (Lipinski definition) is 7. The van der Waals surface area contributed by atoms with E-state index < -0.39 is 0 Å². The van der Waals surface area contributed by atoms with Crippen LogP contribution in [0, 0.1) is 11.8 Å². The lowest BCUT2D eigenvalue weighted by atomic mass is 9.77. The molecule has 1 heterocycles. The van der Waals surface area contributed by atoms with Crippen molar-refractivity contribution in [2.24, 2.45) is 11.8 Å². The van der Waals surface area contributed by atoms with Crippen molar-refractivity contribution >= 4 is 5.97 Å². The first-order valence-electron chi connectivity index (χ1n) is 9.79. The molecule has 2 atom stereocenters. The number of rotatable bonds is 5. The third-order valence-corrected chi connectivity index (χ3v) is 6.02. The molecule has 2 aromatic carbocycles. The molecule has 0 unspecified atom stereocenters. The van der Waals surface area contributed by atoms with E-state index >= 15 is 0 Å². The molecule has 1 saturated heterocycles. The first-order chi connectivity index (χ1) is 14.6. The van der Waals surface area contributed by atoms with Gasteiger partial charge in [-0.15, -0.1) is 0 Å². The summed E-state index contributed by atoms with van der Waals surface area (Å²) in [5, 5.41) is 0. The molecule has 0 aromatic heterocycles. The minimum Gasteiger partial charge on any atom is -0.493 e. The molecule has 1 aliphatic carbocycles. The highest BCUT2D eigenvalue weighted by molar-refractivity contribution is 5.85. The van der Waals surface area contributed by atoms with Crippen LogP contribution in [-0.4, -0.2) is 48.1 Å². The van der Waals surface area contributed by atoms with Crippen LogP contribution >= 0.6 is 0 Å². The molecule has 1 aliphatic heterocycles. The molecular weight excluding hydrogens is 388 g/mol. The molecular formula is C23H26O7. The molecule has 7 nitrogen and oxygen atoms in total. The van der Waals surface area contributed by atoms with Crippen LogP contribution in [0.5, 0.6) is 28.7 Å². The highest BCUT2D eigenvalue weighted by atomic mass is 16.5. The normalized spacial score (nSPS) is 19.4. The van der Waals surface area contributed by atoms with Crippen molar-refractivity contribution in [3.63, 3.8) is 0 Å². The predicted molar refractivity (Wildman–Crippen MR) is 110 cm³/mol. The fourth-order valence-electron chi connectivity index (χ4n) is 4.56. The molecule has 2 aromatic rings. The van der Waals surface area contributed by atoms with E-state index in [1.165, 1.54) is 0 Å². The van der Waals surface area contributed by atoms with Gasteiger partial charge < -0.3 is 28.4 Å². The van der Waals surface area contributed by atoms with Gasteiger partial charge in [-0.05, 0) is 47.7 Å². The van der Waals surface area contributed by atoms with Gasteiger partial charge in [0.25, 0.3) is 0 Å². The van der Waals surface area contributed by atoms with Crippen LogP contribution < -0.4 is 23.7 Å². The SMILES string of the molecule is COc1cc2c(cc1OC)-c1c(cc(OC)c(OC)c1OC)C[C@H]1C(=O)OC[C@@H]1C2. The summed E-state index contributed by atoms with van der Waals surface area (Å²) >= 11 is 0. The van der Waals surface area contributed by atoms with Crippen LogP contribution in [0.3, 0.4) is 0 Å². The van der Waals surface area contributed by atoms with Crippen molar-refractivity contribution < 1.29 is 33.2 Å². The molecule has 1 fully saturated rings. The molecule has 30 heavy (non-hydrogen) atoms. The van der Waals surface area contributed by atoms with E-state index in [1.807, 2.05) is 18.2 Å². The Bertz CT molecular complexity index is 982. The van der Waals surface area contributed by atoms with E-state index in [1.54, 1.807) is 35.5 Å². The van der Waals surface area contributed by atoms with E-state index in [0.717, 1.165) is 22.3 Å². The lowest BCUT2D eigenvalue weighted by Crippen LogP contribution is -2.23. The number of ether oxygens (including phenoxy) is 6. The molecule has 0 saturated carbocycles. The molecule has 0 spiro atoms. The number of cyclic esters (lactones) is 1. The second-order valence-corrected chi connectivity index (χ2v) is 7.45.